The zero-order valence-electron chi connectivity index (χ0n) is 15.5. The fraction of sp³-hybridized carbons (Fsp3) is 0.286. The maximum absolute atomic E-state index is 13.4. The van der Waals surface area contributed by atoms with Crippen LogP contribution in [0.25, 0.3) is 0 Å². The molecule has 0 fully saturated rings. The monoisotopic (exact) mass is 380 g/mol. The number of carbonyl (C=O) groups excluding carboxylic acids is 1. The summed E-state index contributed by atoms with van der Waals surface area (Å²) in [6.45, 7) is 2.54. The van der Waals surface area contributed by atoms with Gasteiger partial charge in [0.15, 0.2) is 5.82 Å². The first-order chi connectivity index (χ1) is 13.5. The van der Waals surface area contributed by atoms with Gasteiger partial charge in [0.1, 0.15) is 23.4 Å². The zero-order valence-corrected chi connectivity index (χ0v) is 15.5. The lowest BCUT2D eigenvalue weighted by molar-refractivity contribution is -0.137. The second kappa shape index (κ2) is 7.42. The van der Waals surface area contributed by atoms with Crippen LogP contribution in [0.3, 0.4) is 0 Å². The van der Waals surface area contributed by atoms with Crippen LogP contribution >= 0.6 is 0 Å². The minimum Gasteiger partial charge on any atom is -0.508 e. The molecule has 1 atom stereocenters. The molecule has 0 bridgehead atoms. The van der Waals surface area contributed by atoms with Gasteiger partial charge in [0.25, 0.3) is 0 Å². The van der Waals surface area contributed by atoms with Crippen LogP contribution < -0.4 is 0 Å². The Kier molecular flexibility index (Phi) is 4.81. The van der Waals surface area contributed by atoms with E-state index in [1.165, 1.54) is 12.1 Å². The van der Waals surface area contributed by atoms with Crippen molar-refractivity contribution in [1.82, 2.24) is 19.7 Å². The normalized spacial score (nSPS) is 16.3. The van der Waals surface area contributed by atoms with Gasteiger partial charge in [-0.1, -0.05) is 24.3 Å². The van der Waals surface area contributed by atoms with Gasteiger partial charge in [-0.05, 0) is 48.7 Å². The van der Waals surface area contributed by atoms with Gasteiger partial charge in [0.2, 0.25) is 5.91 Å². The number of aromatic hydroxyl groups is 1. The third-order valence-corrected chi connectivity index (χ3v) is 5.06. The van der Waals surface area contributed by atoms with E-state index >= 15 is 0 Å². The van der Waals surface area contributed by atoms with E-state index in [2.05, 4.69) is 10.2 Å². The maximum Gasteiger partial charge on any atom is 0.246 e. The molecule has 2 aromatic carbocycles. The first-order valence-corrected chi connectivity index (χ1v) is 9.25. The summed E-state index contributed by atoms with van der Waals surface area (Å²) in [5, 5.41) is 18.0. The Hall–Kier alpha value is -3.22. The van der Waals surface area contributed by atoms with Crippen LogP contribution in [-0.4, -0.2) is 30.7 Å². The predicted octanol–water partition coefficient (Wildman–Crippen LogP) is 3.01. The fourth-order valence-electron chi connectivity index (χ4n) is 3.62. The highest BCUT2D eigenvalue weighted by Gasteiger charge is 2.33. The van der Waals surface area contributed by atoms with Crippen molar-refractivity contribution in [2.45, 2.75) is 38.9 Å². The number of carbonyl (C=O) groups is 1. The third kappa shape index (κ3) is 3.60. The number of halogens is 1. The summed E-state index contributed by atoms with van der Waals surface area (Å²) in [6, 6.07) is 13.0. The third-order valence-electron chi connectivity index (χ3n) is 5.06. The quantitative estimate of drug-likeness (QED) is 0.739. The van der Waals surface area contributed by atoms with Gasteiger partial charge in [-0.3, -0.25) is 4.79 Å². The molecule has 1 aromatic heterocycles. The summed E-state index contributed by atoms with van der Waals surface area (Å²) in [5.74, 6) is 1.41. The molecule has 1 aliphatic rings. The first-order valence-electron chi connectivity index (χ1n) is 9.25. The van der Waals surface area contributed by atoms with Crippen molar-refractivity contribution in [1.29, 1.82) is 0 Å². The van der Waals surface area contributed by atoms with Crippen LogP contribution in [0.2, 0.25) is 0 Å². The van der Waals surface area contributed by atoms with E-state index in [0.29, 0.717) is 19.5 Å². The molecule has 2 heterocycles. The molecule has 6 nitrogen and oxygen atoms in total. The number of benzene rings is 2. The molecule has 1 amide bonds. The maximum atomic E-state index is 13.4. The van der Waals surface area contributed by atoms with Crippen molar-refractivity contribution in [3.63, 3.8) is 0 Å². The average Bonchev–Trinajstić information content (AvgIpc) is 3.08. The molecule has 144 valence electrons. The van der Waals surface area contributed by atoms with Crippen LogP contribution in [-0.2, 0) is 30.7 Å². The molecular formula is C21H21FN4O2. The molecule has 0 saturated heterocycles. The number of phenolic OH excluding ortho intramolecular Hbond substituents is 1. The second-order valence-electron chi connectivity index (χ2n) is 7.07. The molecule has 0 spiro atoms. The van der Waals surface area contributed by atoms with E-state index < -0.39 is 6.04 Å². The standard InChI is InChI=1S/C21H21FN4O2/c1-14-21(28)25(12-16-3-2-4-17(22)11-16)13-20-24-23-19(26(14)20)10-7-15-5-8-18(27)9-6-15/h2-6,8-9,11,14,27H,7,10,12-13H2,1H3/t14-/m0/s1. The minimum absolute atomic E-state index is 0.0255. The Bertz CT molecular complexity index is 1000. The lowest BCUT2D eigenvalue weighted by Crippen LogP contribution is -2.41. The Labute approximate surface area is 162 Å². The topological polar surface area (TPSA) is 71.2 Å². The van der Waals surface area contributed by atoms with E-state index in [-0.39, 0.29) is 17.5 Å². The SMILES string of the molecule is C[C@H]1C(=O)N(Cc2cccc(F)c2)Cc2nnc(CCc3ccc(O)cc3)n21. The molecule has 1 aliphatic heterocycles. The van der Waals surface area contributed by atoms with Crippen LogP contribution in [0.4, 0.5) is 4.39 Å². The summed E-state index contributed by atoms with van der Waals surface area (Å²) in [6.07, 6.45) is 1.39. The van der Waals surface area contributed by atoms with Crippen LogP contribution in [0.1, 0.15) is 35.7 Å². The fourth-order valence-corrected chi connectivity index (χ4v) is 3.62. The molecular weight excluding hydrogens is 359 g/mol. The van der Waals surface area contributed by atoms with Gasteiger partial charge in [0.05, 0.1) is 6.54 Å². The Morgan fingerprint density at radius 1 is 1.11 bits per heavy atom. The second-order valence-corrected chi connectivity index (χ2v) is 7.07. The van der Waals surface area contributed by atoms with Gasteiger partial charge in [-0.15, -0.1) is 10.2 Å². The van der Waals surface area contributed by atoms with Crippen LogP contribution in [0.15, 0.2) is 48.5 Å². The van der Waals surface area contributed by atoms with E-state index in [0.717, 1.165) is 29.2 Å². The van der Waals surface area contributed by atoms with Gasteiger partial charge >= 0.3 is 0 Å². The summed E-state index contributed by atoms with van der Waals surface area (Å²) in [5.41, 5.74) is 1.83. The summed E-state index contributed by atoms with van der Waals surface area (Å²) < 4.78 is 15.3. The van der Waals surface area contributed by atoms with Crippen molar-refractivity contribution in [2.24, 2.45) is 0 Å². The van der Waals surface area contributed by atoms with Crippen molar-refractivity contribution in [2.75, 3.05) is 0 Å². The Morgan fingerprint density at radius 3 is 2.64 bits per heavy atom. The Balaban J connectivity index is 1.50. The highest BCUT2D eigenvalue weighted by molar-refractivity contribution is 5.81. The predicted molar refractivity (Wildman–Crippen MR) is 101 cm³/mol. The van der Waals surface area contributed by atoms with Crippen molar-refractivity contribution >= 4 is 5.91 Å². The van der Waals surface area contributed by atoms with Crippen molar-refractivity contribution in [3.8, 4) is 5.75 Å². The number of aromatic nitrogens is 3. The van der Waals surface area contributed by atoms with E-state index in [9.17, 15) is 14.3 Å². The molecule has 4 rings (SSSR count). The molecule has 0 saturated carbocycles. The number of amides is 1. The van der Waals surface area contributed by atoms with E-state index in [4.69, 9.17) is 0 Å². The van der Waals surface area contributed by atoms with E-state index in [1.54, 1.807) is 23.1 Å². The zero-order chi connectivity index (χ0) is 19.7. The summed E-state index contributed by atoms with van der Waals surface area (Å²) in [7, 11) is 0. The lowest BCUT2D eigenvalue weighted by Gasteiger charge is -2.32. The summed E-state index contributed by atoms with van der Waals surface area (Å²) >= 11 is 0. The number of nitrogens with zero attached hydrogens (tertiary/aromatic N) is 4. The van der Waals surface area contributed by atoms with E-state index in [1.807, 2.05) is 29.7 Å². The number of hydrogen-bond acceptors (Lipinski definition) is 4. The molecule has 0 aliphatic carbocycles. The van der Waals surface area contributed by atoms with Gasteiger partial charge in [-0.2, -0.15) is 0 Å². The number of hydrogen-bond donors (Lipinski definition) is 1. The largest absolute Gasteiger partial charge is 0.508 e. The molecule has 0 unspecified atom stereocenters. The Morgan fingerprint density at radius 2 is 1.89 bits per heavy atom. The number of fused-ring (bicyclic) bond motifs is 1. The number of rotatable bonds is 5. The molecule has 0 radical (unpaired) electrons. The van der Waals surface area contributed by atoms with Gasteiger partial charge < -0.3 is 14.6 Å². The first kappa shape index (κ1) is 18.2. The van der Waals surface area contributed by atoms with Crippen molar-refractivity contribution < 1.29 is 14.3 Å². The van der Waals surface area contributed by atoms with Crippen molar-refractivity contribution in [3.05, 3.63) is 77.1 Å². The number of phenols is 1. The van der Waals surface area contributed by atoms with Gasteiger partial charge in [0, 0.05) is 13.0 Å². The van der Waals surface area contributed by atoms with Crippen LogP contribution in [0, 0.1) is 5.82 Å². The average molecular weight is 380 g/mol. The smallest absolute Gasteiger partial charge is 0.246 e. The molecule has 7 heteroatoms. The summed E-state index contributed by atoms with van der Waals surface area (Å²) in [4.78, 5) is 14.6. The molecule has 28 heavy (non-hydrogen) atoms. The molecule has 1 N–H and O–H groups in total. The number of aryl methyl sites for hydroxylation is 2. The minimum atomic E-state index is -0.401. The lowest BCUT2D eigenvalue weighted by atomic mass is 10.1. The highest BCUT2D eigenvalue weighted by Crippen LogP contribution is 2.25. The van der Waals surface area contributed by atoms with Crippen LogP contribution in [0.5, 0.6) is 5.75 Å². The highest BCUT2D eigenvalue weighted by atomic mass is 19.1. The molecule has 3 aromatic rings. The van der Waals surface area contributed by atoms with Gasteiger partial charge in [-0.25, -0.2) is 4.39 Å².